The number of nitrogens with one attached hydrogen (secondary N) is 1. The second-order valence-corrected chi connectivity index (χ2v) is 5.72. The number of halogens is 3. The Kier molecular flexibility index (Phi) is 3.22. The number of nitrogens with zero attached hydrogens (tertiary/aromatic N) is 1. The van der Waals surface area contributed by atoms with E-state index in [2.05, 4.69) is 20.9 Å². The molecule has 2 aromatic carbocycles. The van der Waals surface area contributed by atoms with E-state index in [-0.39, 0.29) is 5.52 Å². The first-order valence-electron chi connectivity index (χ1n) is 5.83. The summed E-state index contributed by atoms with van der Waals surface area (Å²) >= 11 is 8.64. The zero-order chi connectivity index (χ0) is 14.4. The van der Waals surface area contributed by atoms with E-state index in [1.807, 2.05) is 25.1 Å². The average molecular weight is 355 g/mol. The maximum Gasteiger partial charge on any atom is 0.182 e. The second kappa shape index (κ2) is 4.79. The molecule has 0 amide bonds. The fourth-order valence-corrected chi connectivity index (χ4v) is 2.71. The summed E-state index contributed by atoms with van der Waals surface area (Å²) in [5.41, 5.74) is 2.36. The fourth-order valence-electron chi connectivity index (χ4n) is 2.16. The number of imidazole rings is 1. The molecule has 0 radical (unpaired) electrons. The molecule has 6 heteroatoms. The Balaban J connectivity index is 2.38. The Morgan fingerprint density at radius 3 is 2.65 bits per heavy atom. The molecule has 0 bridgehead atoms. The molecule has 102 valence electrons. The van der Waals surface area contributed by atoms with Crippen molar-refractivity contribution in [3.63, 3.8) is 0 Å². The predicted molar refractivity (Wildman–Crippen MR) is 80.8 cm³/mol. The second-order valence-electron chi connectivity index (χ2n) is 4.48. The number of rotatable bonds is 1. The highest BCUT2D eigenvalue weighted by Gasteiger charge is 2.12. The summed E-state index contributed by atoms with van der Waals surface area (Å²) in [6.45, 7) is 1.94. The summed E-state index contributed by atoms with van der Waals surface area (Å²) in [5, 5.41) is 0. The van der Waals surface area contributed by atoms with Gasteiger partial charge in [0.05, 0.1) is 5.52 Å². The van der Waals surface area contributed by atoms with Crippen molar-refractivity contribution in [3.05, 3.63) is 56.8 Å². The van der Waals surface area contributed by atoms with Gasteiger partial charge in [-0.05, 0) is 42.9 Å². The van der Waals surface area contributed by atoms with E-state index in [1.165, 1.54) is 6.07 Å². The van der Waals surface area contributed by atoms with E-state index in [0.29, 0.717) is 10.3 Å². The highest BCUT2D eigenvalue weighted by molar-refractivity contribution is 9.10. The molecular weight excluding hydrogens is 346 g/mol. The summed E-state index contributed by atoms with van der Waals surface area (Å²) in [6.07, 6.45) is 0. The quantitative estimate of drug-likeness (QED) is 0.607. The Morgan fingerprint density at radius 2 is 1.95 bits per heavy atom. The third kappa shape index (κ3) is 2.09. The minimum atomic E-state index is -0.654. The first-order chi connectivity index (χ1) is 9.47. The molecule has 0 aliphatic heterocycles. The van der Waals surface area contributed by atoms with Gasteiger partial charge in [0.15, 0.2) is 10.6 Å². The van der Waals surface area contributed by atoms with Gasteiger partial charge in [0.25, 0.3) is 0 Å². The molecule has 1 N–H and O–H groups in total. The van der Waals surface area contributed by atoms with Crippen LogP contribution >= 0.6 is 28.1 Å². The molecule has 0 saturated carbocycles. The van der Waals surface area contributed by atoms with E-state index in [0.717, 1.165) is 21.8 Å². The standard InChI is InChI=1S/C14H9BrF2N2S/c1-7-4-9(2-3-10(7)15)19-12-6-8(16)5-11(17)13(12)18-14(19)20/h2-6H,1H3,(H,18,20). The molecule has 0 atom stereocenters. The van der Waals surface area contributed by atoms with Crippen LogP contribution in [0.3, 0.4) is 0 Å². The molecule has 3 aromatic rings. The zero-order valence-electron chi connectivity index (χ0n) is 10.4. The minimum Gasteiger partial charge on any atom is -0.328 e. The number of aryl methyl sites for hydroxylation is 1. The lowest BCUT2D eigenvalue weighted by molar-refractivity contribution is 0.590. The van der Waals surface area contributed by atoms with E-state index in [4.69, 9.17) is 12.2 Å². The lowest BCUT2D eigenvalue weighted by Gasteiger charge is -2.07. The van der Waals surface area contributed by atoms with Crippen LogP contribution in [0.25, 0.3) is 16.7 Å². The highest BCUT2D eigenvalue weighted by Crippen LogP contribution is 2.25. The van der Waals surface area contributed by atoms with Gasteiger partial charge in [-0.15, -0.1) is 0 Å². The smallest absolute Gasteiger partial charge is 0.182 e. The van der Waals surface area contributed by atoms with E-state index in [1.54, 1.807) is 4.57 Å². The number of hydrogen-bond acceptors (Lipinski definition) is 1. The summed E-state index contributed by atoms with van der Waals surface area (Å²) < 4.78 is 30.1. The molecule has 20 heavy (non-hydrogen) atoms. The molecule has 1 heterocycles. The summed E-state index contributed by atoms with van der Waals surface area (Å²) in [6, 6.07) is 7.72. The first-order valence-corrected chi connectivity index (χ1v) is 7.04. The van der Waals surface area contributed by atoms with E-state index >= 15 is 0 Å². The molecule has 3 rings (SSSR count). The molecule has 0 aliphatic carbocycles. The molecule has 0 fully saturated rings. The predicted octanol–water partition coefficient (Wildman–Crippen LogP) is 5.04. The molecule has 0 saturated heterocycles. The van der Waals surface area contributed by atoms with Crippen molar-refractivity contribution in [3.8, 4) is 5.69 Å². The van der Waals surface area contributed by atoms with Crippen LogP contribution < -0.4 is 0 Å². The maximum atomic E-state index is 13.8. The number of fused-ring (bicyclic) bond motifs is 1. The third-order valence-electron chi connectivity index (χ3n) is 3.11. The van der Waals surface area contributed by atoms with Gasteiger partial charge < -0.3 is 4.98 Å². The molecule has 0 unspecified atom stereocenters. The van der Waals surface area contributed by atoms with Crippen LogP contribution in [0.15, 0.2) is 34.8 Å². The normalized spacial score (nSPS) is 11.2. The SMILES string of the molecule is Cc1cc(-n2c(=S)[nH]c3c(F)cc(F)cc32)ccc1Br. The van der Waals surface area contributed by atoms with Gasteiger partial charge in [-0.25, -0.2) is 8.78 Å². The number of aromatic amines is 1. The van der Waals surface area contributed by atoms with Gasteiger partial charge in [-0.3, -0.25) is 4.57 Å². The number of H-pyrrole nitrogens is 1. The molecule has 2 nitrogen and oxygen atoms in total. The van der Waals surface area contributed by atoms with Gasteiger partial charge in [0, 0.05) is 22.3 Å². The fraction of sp³-hybridized carbons (Fsp3) is 0.0714. The van der Waals surface area contributed by atoms with Gasteiger partial charge in [0.1, 0.15) is 11.3 Å². The number of aromatic nitrogens is 2. The van der Waals surface area contributed by atoms with Gasteiger partial charge in [-0.2, -0.15) is 0 Å². The monoisotopic (exact) mass is 354 g/mol. The summed E-state index contributed by atoms with van der Waals surface area (Å²) in [4.78, 5) is 2.78. The zero-order valence-corrected chi connectivity index (χ0v) is 12.8. The van der Waals surface area contributed by atoms with Crippen molar-refractivity contribution in [1.82, 2.24) is 9.55 Å². The van der Waals surface area contributed by atoms with Crippen LogP contribution in [0.4, 0.5) is 8.78 Å². The summed E-state index contributed by atoms with van der Waals surface area (Å²) in [5.74, 6) is -1.29. The van der Waals surface area contributed by atoms with Crippen LogP contribution in [0, 0.1) is 23.3 Å². The van der Waals surface area contributed by atoms with Crippen LogP contribution in [-0.4, -0.2) is 9.55 Å². The van der Waals surface area contributed by atoms with Crippen LogP contribution in [0.5, 0.6) is 0 Å². The van der Waals surface area contributed by atoms with Gasteiger partial charge >= 0.3 is 0 Å². The van der Waals surface area contributed by atoms with Crippen molar-refractivity contribution in [1.29, 1.82) is 0 Å². The van der Waals surface area contributed by atoms with E-state index in [9.17, 15) is 8.78 Å². The Labute approximate surface area is 127 Å². The van der Waals surface area contributed by atoms with Crippen LogP contribution in [-0.2, 0) is 0 Å². The molecule has 0 aliphatic rings. The first kappa shape index (κ1) is 13.5. The Morgan fingerprint density at radius 1 is 1.20 bits per heavy atom. The minimum absolute atomic E-state index is 0.206. The van der Waals surface area contributed by atoms with Gasteiger partial charge in [0.2, 0.25) is 0 Å². The van der Waals surface area contributed by atoms with Crippen molar-refractivity contribution < 1.29 is 8.78 Å². The topological polar surface area (TPSA) is 20.7 Å². The highest BCUT2D eigenvalue weighted by atomic mass is 79.9. The molecule has 0 spiro atoms. The maximum absolute atomic E-state index is 13.8. The van der Waals surface area contributed by atoms with Crippen molar-refractivity contribution in [2.75, 3.05) is 0 Å². The van der Waals surface area contributed by atoms with Crippen molar-refractivity contribution in [2.45, 2.75) is 6.92 Å². The van der Waals surface area contributed by atoms with E-state index < -0.39 is 11.6 Å². The molecule has 1 aromatic heterocycles. The lowest BCUT2D eigenvalue weighted by atomic mass is 10.2. The largest absolute Gasteiger partial charge is 0.328 e. The van der Waals surface area contributed by atoms with Crippen LogP contribution in [0.1, 0.15) is 5.56 Å². The lowest BCUT2D eigenvalue weighted by Crippen LogP contribution is -1.95. The molecular formula is C14H9BrF2N2S. The number of hydrogen-bond donors (Lipinski definition) is 1. The third-order valence-corrected chi connectivity index (χ3v) is 4.28. The number of benzene rings is 2. The van der Waals surface area contributed by atoms with Gasteiger partial charge in [-0.1, -0.05) is 15.9 Å². The Bertz CT molecular complexity index is 883. The van der Waals surface area contributed by atoms with Crippen molar-refractivity contribution in [2.24, 2.45) is 0 Å². The Hall–Kier alpha value is -1.53. The average Bonchev–Trinajstić information content (AvgIpc) is 2.70. The van der Waals surface area contributed by atoms with Crippen LogP contribution in [0.2, 0.25) is 0 Å². The summed E-state index contributed by atoms with van der Waals surface area (Å²) in [7, 11) is 0. The van der Waals surface area contributed by atoms with Crippen molar-refractivity contribution >= 4 is 39.2 Å².